The van der Waals surface area contributed by atoms with Gasteiger partial charge in [0.2, 0.25) is 0 Å². The molecule has 0 aromatic rings. The Morgan fingerprint density at radius 2 is 2.18 bits per heavy atom. The maximum Gasteiger partial charge on any atom is 0.306 e. The Kier molecular flexibility index (Phi) is 4.52. The standard InChI is InChI=1S/C7H14O3S/c1-3-11-5-7(2,10)4-6(8)9/h10H,3-5H2,1-2H3,(H,8,9). The van der Waals surface area contributed by atoms with Gasteiger partial charge in [-0.25, -0.2) is 0 Å². The quantitative estimate of drug-likeness (QED) is 0.658. The molecule has 0 aromatic carbocycles. The lowest BCUT2D eigenvalue weighted by molar-refractivity contribution is -0.141. The van der Waals surface area contributed by atoms with Gasteiger partial charge in [0.05, 0.1) is 12.0 Å². The van der Waals surface area contributed by atoms with E-state index in [1.54, 1.807) is 18.7 Å². The summed E-state index contributed by atoms with van der Waals surface area (Å²) in [5, 5.41) is 17.8. The summed E-state index contributed by atoms with van der Waals surface area (Å²) in [6.45, 7) is 3.52. The number of hydrogen-bond acceptors (Lipinski definition) is 3. The highest BCUT2D eigenvalue weighted by Crippen LogP contribution is 2.16. The number of thioether (sulfide) groups is 1. The Hall–Kier alpha value is -0.220. The van der Waals surface area contributed by atoms with Gasteiger partial charge in [0, 0.05) is 5.75 Å². The third kappa shape index (κ3) is 6.19. The lowest BCUT2D eigenvalue weighted by atomic mass is 10.1. The molecule has 0 bridgehead atoms. The van der Waals surface area contributed by atoms with Crippen LogP contribution in [0, 0.1) is 0 Å². The van der Waals surface area contributed by atoms with Crippen molar-refractivity contribution in [2.24, 2.45) is 0 Å². The highest BCUT2D eigenvalue weighted by atomic mass is 32.2. The maximum absolute atomic E-state index is 10.2. The summed E-state index contributed by atoms with van der Waals surface area (Å²) in [6, 6.07) is 0. The second-order valence-corrected chi connectivity index (χ2v) is 3.98. The second-order valence-electron chi connectivity index (χ2n) is 2.70. The zero-order valence-electron chi connectivity index (χ0n) is 6.83. The third-order valence-electron chi connectivity index (χ3n) is 1.15. The number of hydrogen-bond donors (Lipinski definition) is 2. The normalized spacial score (nSPS) is 15.9. The molecule has 0 aliphatic rings. The summed E-state index contributed by atoms with van der Waals surface area (Å²) in [5.41, 5.74) is -1.06. The Bertz CT molecular complexity index is 134. The molecule has 4 heteroatoms. The molecular weight excluding hydrogens is 164 g/mol. The van der Waals surface area contributed by atoms with E-state index in [4.69, 9.17) is 5.11 Å². The molecule has 11 heavy (non-hydrogen) atoms. The van der Waals surface area contributed by atoms with E-state index in [1.165, 1.54) is 0 Å². The Balaban J connectivity index is 3.70. The highest BCUT2D eigenvalue weighted by molar-refractivity contribution is 7.99. The number of aliphatic hydroxyl groups is 1. The average molecular weight is 178 g/mol. The molecule has 0 fully saturated rings. The van der Waals surface area contributed by atoms with Crippen molar-refractivity contribution in [3.8, 4) is 0 Å². The van der Waals surface area contributed by atoms with Crippen molar-refractivity contribution < 1.29 is 15.0 Å². The van der Waals surface area contributed by atoms with Gasteiger partial charge in [-0.1, -0.05) is 6.92 Å². The predicted octanol–water partition coefficient (Wildman–Crippen LogP) is 0.965. The van der Waals surface area contributed by atoms with E-state index in [9.17, 15) is 9.90 Å². The van der Waals surface area contributed by atoms with Gasteiger partial charge >= 0.3 is 5.97 Å². The molecule has 2 N–H and O–H groups in total. The van der Waals surface area contributed by atoms with E-state index in [0.717, 1.165) is 5.75 Å². The van der Waals surface area contributed by atoms with E-state index in [2.05, 4.69) is 0 Å². The predicted molar refractivity (Wildman–Crippen MR) is 45.9 cm³/mol. The van der Waals surface area contributed by atoms with Crippen LogP contribution in [0.2, 0.25) is 0 Å². The van der Waals surface area contributed by atoms with Gasteiger partial charge in [-0.3, -0.25) is 4.79 Å². The molecule has 0 aromatic heterocycles. The van der Waals surface area contributed by atoms with Crippen LogP contribution in [-0.4, -0.2) is 33.3 Å². The van der Waals surface area contributed by atoms with Crippen LogP contribution in [0.15, 0.2) is 0 Å². The van der Waals surface area contributed by atoms with Crippen LogP contribution in [0.5, 0.6) is 0 Å². The molecule has 66 valence electrons. The van der Waals surface area contributed by atoms with Crippen molar-refractivity contribution in [1.82, 2.24) is 0 Å². The fourth-order valence-corrected chi connectivity index (χ4v) is 1.44. The summed E-state index contributed by atoms with van der Waals surface area (Å²) in [4.78, 5) is 10.2. The smallest absolute Gasteiger partial charge is 0.306 e. The van der Waals surface area contributed by atoms with E-state index in [0.29, 0.717) is 5.75 Å². The van der Waals surface area contributed by atoms with Crippen LogP contribution in [0.3, 0.4) is 0 Å². The molecule has 0 aliphatic heterocycles. The molecule has 0 amide bonds. The summed E-state index contributed by atoms with van der Waals surface area (Å²) in [6.07, 6.45) is -0.181. The van der Waals surface area contributed by atoms with Crippen molar-refractivity contribution in [2.45, 2.75) is 25.9 Å². The molecule has 0 spiro atoms. The van der Waals surface area contributed by atoms with Crippen molar-refractivity contribution in [1.29, 1.82) is 0 Å². The summed E-state index contributed by atoms with van der Waals surface area (Å²) in [5.74, 6) is 0.428. The molecule has 0 saturated heterocycles. The molecule has 0 heterocycles. The number of carboxylic acid groups (broad SMARTS) is 1. The van der Waals surface area contributed by atoms with Gasteiger partial charge < -0.3 is 10.2 Å². The largest absolute Gasteiger partial charge is 0.481 e. The highest BCUT2D eigenvalue weighted by Gasteiger charge is 2.23. The lowest BCUT2D eigenvalue weighted by Crippen LogP contribution is -2.30. The fourth-order valence-electron chi connectivity index (χ4n) is 0.699. The summed E-state index contributed by atoms with van der Waals surface area (Å²) in [7, 11) is 0. The van der Waals surface area contributed by atoms with Gasteiger partial charge in [-0.15, -0.1) is 0 Å². The van der Waals surface area contributed by atoms with Crippen LogP contribution in [0.4, 0.5) is 0 Å². The number of rotatable bonds is 5. The minimum atomic E-state index is -1.06. The Morgan fingerprint density at radius 1 is 1.64 bits per heavy atom. The molecule has 1 atom stereocenters. The zero-order chi connectivity index (χ0) is 8.91. The van der Waals surface area contributed by atoms with Crippen molar-refractivity contribution in [3.63, 3.8) is 0 Å². The number of aliphatic carboxylic acids is 1. The summed E-state index contributed by atoms with van der Waals surface area (Å²) >= 11 is 1.54. The topological polar surface area (TPSA) is 57.5 Å². The molecule has 0 aliphatic carbocycles. The second kappa shape index (κ2) is 4.62. The molecular formula is C7H14O3S. The van der Waals surface area contributed by atoms with Gasteiger partial charge in [0.25, 0.3) is 0 Å². The number of carboxylic acids is 1. The molecule has 0 saturated carbocycles. The van der Waals surface area contributed by atoms with E-state index >= 15 is 0 Å². The molecule has 3 nitrogen and oxygen atoms in total. The monoisotopic (exact) mass is 178 g/mol. The molecule has 0 radical (unpaired) electrons. The minimum Gasteiger partial charge on any atom is -0.481 e. The minimum absolute atomic E-state index is 0.181. The van der Waals surface area contributed by atoms with Crippen molar-refractivity contribution in [3.05, 3.63) is 0 Å². The van der Waals surface area contributed by atoms with Crippen LogP contribution < -0.4 is 0 Å². The van der Waals surface area contributed by atoms with Crippen molar-refractivity contribution in [2.75, 3.05) is 11.5 Å². The first-order valence-corrected chi connectivity index (χ1v) is 4.65. The van der Waals surface area contributed by atoms with Crippen LogP contribution in [0.1, 0.15) is 20.3 Å². The van der Waals surface area contributed by atoms with Gasteiger partial charge in [0.15, 0.2) is 0 Å². The van der Waals surface area contributed by atoms with E-state index in [-0.39, 0.29) is 6.42 Å². The summed E-state index contributed by atoms with van der Waals surface area (Å²) < 4.78 is 0. The first-order valence-electron chi connectivity index (χ1n) is 3.50. The van der Waals surface area contributed by atoms with Gasteiger partial charge in [-0.05, 0) is 12.7 Å². The SMILES string of the molecule is CCSCC(C)(O)CC(=O)O. The van der Waals surface area contributed by atoms with Gasteiger partial charge in [0.1, 0.15) is 0 Å². The first kappa shape index (κ1) is 10.8. The zero-order valence-corrected chi connectivity index (χ0v) is 7.65. The van der Waals surface area contributed by atoms with Gasteiger partial charge in [-0.2, -0.15) is 11.8 Å². The molecule has 0 rings (SSSR count). The van der Waals surface area contributed by atoms with Crippen LogP contribution in [0.25, 0.3) is 0 Å². The Labute approximate surface area is 70.8 Å². The van der Waals surface area contributed by atoms with E-state index < -0.39 is 11.6 Å². The Morgan fingerprint density at radius 3 is 2.55 bits per heavy atom. The third-order valence-corrected chi connectivity index (χ3v) is 2.38. The maximum atomic E-state index is 10.2. The molecule has 1 unspecified atom stereocenters. The van der Waals surface area contributed by atoms with Crippen LogP contribution >= 0.6 is 11.8 Å². The first-order chi connectivity index (χ1) is 4.98. The van der Waals surface area contributed by atoms with E-state index in [1.807, 2.05) is 6.92 Å². The van der Waals surface area contributed by atoms with Crippen LogP contribution in [-0.2, 0) is 4.79 Å². The lowest BCUT2D eigenvalue weighted by Gasteiger charge is -2.19. The van der Waals surface area contributed by atoms with Crippen molar-refractivity contribution >= 4 is 17.7 Å². The number of carbonyl (C=O) groups is 1. The fraction of sp³-hybridized carbons (Fsp3) is 0.857. The average Bonchev–Trinajstić information content (AvgIpc) is 1.81.